The normalized spacial score (nSPS) is 12.7. The monoisotopic (exact) mass is 363 g/mol. The van der Waals surface area contributed by atoms with Crippen LogP contribution in [0.2, 0.25) is 0 Å². The molecule has 0 saturated heterocycles. The molecule has 0 heterocycles. The minimum Gasteiger partial charge on any atom is -0.497 e. The molecule has 0 aliphatic heterocycles. The molecule has 0 saturated carbocycles. The van der Waals surface area contributed by atoms with Gasteiger partial charge < -0.3 is 9.47 Å². The molecule has 6 heteroatoms. The number of nitrogens with one attached hydrogen (secondary N) is 1. The van der Waals surface area contributed by atoms with Gasteiger partial charge in [-0.25, -0.2) is 13.1 Å². The lowest BCUT2D eigenvalue weighted by molar-refractivity contribution is 0.395. The number of aryl methyl sites for hydroxylation is 3. The summed E-state index contributed by atoms with van der Waals surface area (Å²) in [7, 11) is -0.551. The molecule has 0 radical (unpaired) electrons. The van der Waals surface area contributed by atoms with E-state index in [2.05, 4.69) is 4.72 Å². The van der Waals surface area contributed by atoms with Crippen molar-refractivity contribution in [2.24, 2.45) is 0 Å². The number of hydrogen-bond donors (Lipinski definition) is 1. The first-order valence-corrected chi connectivity index (χ1v) is 9.50. The fourth-order valence-corrected chi connectivity index (χ4v) is 4.80. The average molecular weight is 363 g/mol. The molecule has 136 valence electrons. The van der Waals surface area contributed by atoms with Crippen LogP contribution in [0, 0.1) is 20.8 Å². The van der Waals surface area contributed by atoms with E-state index >= 15 is 0 Å². The minimum atomic E-state index is -3.68. The fourth-order valence-electron chi connectivity index (χ4n) is 3.12. The Morgan fingerprint density at radius 1 is 0.960 bits per heavy atom. The van der Waals surface area contributed by atoms with Crippen LogP contribution < -0.4 is 14.2 Å². The summed E-state index contributed by atoms with van der Waals surface area (Å²) < 4.78 is 39.2. The number of hydrogen-bond acceptors (Lipinski definition) is 4. The zero-order valence-corrected chi connectivity index (χ0v) is 16.3. The summed E-state index contributed by atoms with van der Waals surface area (Å²) in [5, 5.41) is 0. The van der Waals surface area contributed by atoms with E-state index in [0.29, 0.717) is 22.0 Å². The smallest absolute Gasteiger partial charge is 0.241 e. The van der Waals surface area contributed by atoms with E-state index in [1.165, 1.54) is 0 Å². The van der Waals surface area contributed by atoms with Crippen LogP contribution in [0.3, 0.4) is 0 Å². The lowest BCUT2D eigenvalue weighted by Crippen LogP contribution is -2.28. The first-order chi connectivity index (χ1) is 11.7. The number of methoxy groups -OCH3 is 2. The van der Waals surface area contributed by atoms with Crippen LogP contribution >= 0.6 is 0 Å². The van der Waals surface area contributed by atoms with Gasteiger partial charge >= 0.3 is 0 Å². The number of benzene rings is 2. The van der Waals surface area contributed by atoms with E-state index in [-0.39, 0.29) is 0 Å². The third-order valence-corrected chi connectivity index (χ3v) is 5.95. The Balaban J connectivity index is 2.42. The molecule has 0 unspecified atom stereocenters. The first kappa shape index (κ1) is 19.3. The van der Waals surface area contributed by atoms with E-state index in [0.717, 1.165) is 16.7 Å². The lowest BCUT2D eigenvalue weighted by Gasteiger charge is -2.20. The van der Waals surface area contributed by atoms with Crippen molar-refractivity contribution >= 4 is 10.0 Å². The van der Waals surface area contributed by atoms with Gasteiger partial charge in [0.15, 0.2) is 0 Å². The van der Waals surface area contributed by atoms with Crippen molar-refractivity contribution in [3.63, 3.8) is 0 Å². The van der Waals surface area contributed by atoms with Crippen LogP contribution in [-0.4, -0.2) is 22.6 Å². The highest BCUT2D eigenvalue weighted by Gasteiger charge is 2.24. The molecule has 1 N–H and O–H groups in total. The van der Waals surface area contributed by atoms with Gasteiger partial charge in [-0.2, -0.15) is 0 Å². The van der Waals surface area contributed by atoms with Gasteiger partial charge in [0.2, 0.25) is 10.0 Å². The average Bonchev–Trinajstić information content (AvgIpc) is 2.52. The fraction of sp³-hybridized carbons (Fsp3) is 0.368. The van der Waals surface area contributed by atoms with Crippen molar-refractivity contribution in [1.82, 2.24) is 4.72 Å². The third kappa shape index (κ3) is 4.14. The molecule has 2 aromatic rings. The molecular formula is C19H25NO4S. The van der Waals surface area contributed by atoms with E-state index in [1.54, 1.807) is 39.3 Å². The number of rotatable bonds is 6. The molecule has 2 rings (SSSR count). The topological polar surface area (TPSA) is 64.6 Å². The van der Waals surface area contributed by atoms with E-state index < -0.39 is 16.1 Å². The maximum absolute atomic E-state index is 12.9. The van der Waals surface area contributed by atoms with Crippen molar-refractivity contribution in [1.29, 1.82) is 0 Å². The van der Waals surface area contributed by atoms with Crippen LogP contribution in [0.4, 0.5) is 0 Å². The summed E-state index contributed by atoms with van der Waals surface area (Å²) in [6.45, 7) is 7.36. The third-order valence-electron chi connectivity index (χ3n) is 4.11. The first-order valence-electron chi connectivity index (χ1n) is 8.01. The Kier molecular flexibility index (Phi) is 5.75. The van der Waals surface area contributed by atoms with Crippen molar-refractivity contribution < 1.29 is 17.9 Å². The second-order valence-corrected chi connectivity index (χ2v) is 7.83. The van der Waals surface area contributed by atoms with Gasteiger partial charge in [0, 0.05) is 11.6 Å². The van der Waals surface area contributed by atoms with E-state index in [4.69, 9.17) is 9.47 Å². The number of sulfonamides is 1. The van der Waals surface area contributed by atoms with Gasteiger partial charge in [-0.3, -0.25) is 0 Å². The second kappa shape index (κ2) is 7.45. The molecule has 0 amide bonds. The molecule has 25 heavy (non-hydrogen) atoms. The maximum atomic E-state index is 12.9. The SMILES string of the molecule is COc1ccc(OC)c([C@H](C)NS(=O)(=O)c2c(C)cc(C)cc2C)c1. The predicted molar refractivity (Wildman–Crippen MR) is 98.9 cm³/mol. The highest BCUT2D eigenvalue weighted by atomic mass is 32.2. The second-order valence-electron chi connectivity index (χ2n) is 6.18. The van der Waals surface area contributed by atoms with Gasteiger partial charge in [0.25, 0.3) is 0 Å². The Morgan fingerprint density at radius 2 is 1.56 bits per heavy atom. The number of ether oxygens (including phenoxy) is 2. The van der Waals surface area contributed by atoms with Crippen LogP contribution in [0.1, 0.15) is 35.2 Å². The highest BCUT2D eigenvalue weighted by Crippen LogP contribution is 2.31. The minimum absolute atomic E-state index is 0.326. The quantitative estimate of drug-likeness (QED) is 0.850. The molecule has 0 spiro atoms. The zero-order valence-electron chi connectivity index (χ0n) is 15.5. The molecule has 1 atom stereocenters. The zero-order chi connectivity index (χ0) is 18.8. The molecule has 0 aliphatic carbocycles. The predicted octanol–water partition coefficient (Wildman–Crippen LogP) is 3.67. The standard InChI is InChI=1S/C19H25NO4S/c1-12-9-13(2)19(14(3)10-12)25(21,22)20-15(4)17-11-16(23-5)7-8-18(17)24-6/h7-11,15,20H,1-6H3/t15-/m0/s1. The van der Waals surface area contributed by atoms with E-state index in [1.807, 2.05) is 32.9 Å². The van der Waals surface area contributed by atoms with E-state index in [9.17, 15) is 8.42 Å². The maximum Gasteiger partial charge on any atom is 0.241 e. The molecule has 5 nitrogen and oxygen atoms in total. The van der Waals surface area contributed by atoms with Gasteiger partial charge in [0.05, 0.1) is 19.1 Å². The molecule has 0 aromatic heterocycles. The molecule has 0 bridgehead atoms. The summed E-state index contributed by atoms with van der Waals surface area (Å²) >= 11 is 0. The summed E-state index contributed by atoms with van der Waals surface area (Å²) in [6, 6.07) is 8.59. The van der Waals surface area contributed by atoms with Crippen LogP contribution in [-0.2, 0) is 10.0 Å². The molecule has 0 aliphatic rings. The Labute approximate surface area is 150 Å². The van der Waals surface area contributed by atoms with Crippen molar-refractivity contribution in [2.75, 3.05) is 14.2 Å². The van der Waals surface area contributed by atoms with Crippen LogP contribution in [0.5, 0.6) is 11.5 Å². The largest absolute Gasteiger partial charge is 0.497 e. The summed E-state index contributed by atoms with van der Waals surface area (Å²) in [5.41, 5.74) is 3.22. The molecular weight excluding hydrogens is 338 g/mol. The Hall–Kier alpha value is -2.05. The van der Waals surface area contributed by atoms with Crippen molar-refractivity contribution in [3.05, 3.63) is 52.6 Å². The lowest BCUT2D eigenvalue weighted by atomic mass is 10.1. The Bertz CT molecular complexity index is 852. The van der Waals surface area contributed by atoms with Gasteiger partial charge in [-0.1, -0.05) is 17.7 Å². The van der Waals surface area contributed by atoms with Crippen LogP contribution in [0.15, 0.2) is 35.2 Å². The van der Waals surface area contributed by atoms with Crippen LogP contribution in [0.25, 0.3) is 0 Å². The molecule has 2 aromatic carbocycles. The van der Waals surface area contributed by atoms with Gasteiger partial charge in [-0.05, 0) is 57.0 Å². The van der Waals surface area contributed by atoms with Crippen molar-refractivity contribution in [2.45, 2.75) is 38.6 Å². The Morgan fingerprint density at radius 3 is 2.08 bits per heavy atom. The molecule has 0 fully saturated rings. The summed E-state index contributed by atoms with van der Waals surface area (Å²) in [4.78, 5) is 0.326. The summed E-state index contributed by atoms with van der Waals surface area (Å²) in [5.74, 6) is 1.25. The highest BCUT2D eigenvalue weighted by molar-refractivity contribution is 7.89. The van der Waals surface area contributed by atoms with Crippen molar-refractivity contribution in [3.8, 4) is 11.5 Å². The summed E-state index contributed by atoms with van der Waals surface area (Å²) in [6.07, 6.45) is 0. The van der Waals surface area contributed by atoms with Gasteiger partial charge in [0.1, 0.15) is 11.5 Å². The van der Waals surface area contributed by atoms with Gasteiger partial charge in [-0.15, -0.1) is 0 Å².